The number of aliphatic imine (C=N–C) groups is 1. The van der Waals surface area contributed by atoms with E-state index in [9.17, 15) is 4.79 Å². The highest BCUT2D eigenvalue weighted by Gasteiger charge is 1.99. The number of hydrogen-bond acceptors (Lipinski definition) is 2. The first-order chi connectivity index (χ1) is 5.99. The number of rotatable bonds is 4. The van der Waals surface area contributed by atoms with Crippen LogP contribution in [0.2, 0.25) is 0 Å². The number of nitrogens with zero attached hydrogens (tertiary/aromatic N) is 1. The molecule has 1 amide bonds. The lowest BCUT2D eigenvalue weighted by molar-refractivity contribution is -0.106. The van der Waals surface area contributed by atoms with E-state index >= 15 is 0 Å². The molecule has 0 aromatic carbocycles. The van der Waals surface area contributed by atoms with Gasteiger partial charge < -0.3 is 11.1 Å². The standard InChI is InChI=1S/C9H13N3O/c1-6(7(2)8(3)10)4-9(11)12-5-13/h4-5,10H,2H2,1,3H3,(H2,11,12,13). The fourth-order valence-corrected chi connectivity index (χ4v) is 0.703. The van der Waals surface area contributed by atoms with Gasteiger partial charge in [-0.3, -0.25) is 4.79 Å². The molecule has 0 bridgehead atoms. The molecule has 0 fully saturated rings. The van der Waals surface area contributed by atoms with Crippen molar-refractivity contribution < 1.29 is 4.79 Å². The maximum Gasteiger partial charge on any atom is 0.234 e. The molecule has 0 atom stereocenters. The Hall–Kier alpha value is -1.71. The number of carbonyl (C=O) groups excluding carboxylic acids is 1. The van der Waals surface area contributed by atoms with Crippen molar-refractivity contribution >= 4 is 18.0 Å². The molecule has 70 valence electrons. The Morgan fingerprint density at radius 1 is 1.54 bits per heavy atom. The molecular formula is C9H13N3O. The average Bonchev–Trinajstić information content (AvgIpc) is 2.03. The highest BCUT2D eigenvalue weighted by molar-refractivity contribution is 6.03. The number of hydrogen-bond donors (Lipinski definition) is 2. The van der Waals surface area contributed by atoms with Gasteiger partial charge >= 0.3 is 0 Å². The Kier molecular flexibility index (Phi) is 4.37. The summed E-state index contributed by atoms with van der Waals surface area (Å²) in [7, 11) is 0. The lowest BCUT2D eigenvalue weighted by Crippen LogP contribution is -2.09. The van der Waals surface area contributed by atoms with Crippen molar-refractivity contribution in [3.8, 4) is 0 Å². The van der Waals surface area contributed by atoms with Crippen LogP contribution in [0.4, 0.5) is 0 Å². The summed E-state index contributed by atoms with van der Waals surface area (Å²) in [5.41, 5.74) is 7.04. The summed E-state index contributed by atoms with van der Waals surface area (Å²) in [5, 5.41) is 7.29. The summed E-state index contributed by atoms with van der Waals surface area (Å²) >= 11 is 0. The molecule has 0 aliphatic rings. The molecule has 0 aliphatic carbocycles. The molecule has 0 aromatic rings. The number of nitrogens with two attached hydrogens (primary N) is 1. The van der Waals surface area contributed by atoms with Crippen LogP contribution >= 0.6 is 0 Å². The lowest BCUT2D eigenvalue weighted by atomic mass is 10.1. The van der Waals surface area contributed by atoms with Crippen molar-refractivity contribution in [1.82, 2.24) is 0 Å². The summed E-state index contributed by atoms with van der Waals surface area (Å²) in [6, 6.07) is 0. The molecule has 0 rings (SSSR count). The van der Waals surface area contributed by atoms with Gasteiger partial charge in [-0.2, -0.15) is 4.99 Å². The van der Waals surface area contributed by atoms with E-state index in [2.05, 4.69) is 11.6 Å². The number of amides is 1. The van der Waals surface area contributed by atoms with Crippen molar-refractivity contribution in [3.63, 3.8) is 0 Å². The summed E-state index contributed by atoms with van der Waals surface area (Å²) in [4.78, 5) is 13.3. The molecule has 0 heterocycles. The molecule has 0 aliphatic heterocycles. The van der Waals surface area contributed by atoms with Gasteiger partial charge in [-0.15, -0.1) is 0 Å². The van der Waals surface area contributed by atoms with Gasteiger partial charge in [0.2, 0.25) is 6.41 Å². The summed E-state index contributed by atoms with van der Waals surface area (Å²) in [6.45, 7) is 7.06. The third-order valence-corrected chi connectivity index (χ3v) is 1.49. The molecule has 0 unspecified atom stereocenters. The highest BCUT2D eigenvalue weighted by atomic mass is 16.1. The fourth-order valence-electron chi connectivity index (χ4n) is 0.703. The van der Waals surface area contributed by atoms with E-state index < -0.39 is 0 Å². The van der Waals surface area contributed by atoms with E-state index in [4.69, 9.17) is 11.1 Å². The topological polar surface area (TPSA) is 79.3 Å². The Bertz CT molecular complexity index is 300. The molecule has 4 nitrogen and oxygen atoms in total. The van der Waals surface area contributed by atoms with Gasteiger partial charge in [-0.25, -0.2) is 0 Å². The predicted octanol–water partition coefficient (Wildman–Crippen LogP) is 1.04. The van der Waals surface area contributed by atoms with Crippen LogP contribution in [0.25, 0.3) is 0 Å². The summed E-state index contributed by atoms with van der Waals surface area (Å²) in [5.74, 6) is 0.120. The molecule has 0 saturated carbocycles. The van der Waals surface area contributed by atoms with E-state index in [0.29, 0.717) is 17.7 Å². The minimum Gasteiger partial charge on any atom is -0.384 e. The van der Waals surface area contributed by atoms with Gasteiger partial charge in [-0.1, -0.05) is 6.58 Å². The SMILES string of the molecule is C=C(C(C)=N)C(C)=CC(N)=NC=O. The third-order valence-electron chi connectivity index (χ3n) is 1.49. The van der Waals surface area contributed by atoms with Crippen molar-refractivity contribution in [1.29, 1.82) is 5.41 Å². The number of nitrogens with one attached hydrogen (secondary N) is 1. The molecule has 13 heavy (non-hydrogen) atoms. The van der Waals surface area contributed by atoms with Crippen LogP contribution in [0.3, 0.4) is 0 Å². The van der Waals surface area contributed by atoms with Crippen LogP contribution in [-0.2, 0) is 4.79 Å². The van der Waals surface area contributed by atoms with Crippen molar-refractivity contribution in [2.45, 2.75) is 13.8 Å². The van der Waals surface area contributed by atoms with Crippen LogP contribution in [0, 0.1) is 5.41 Å². The number of carbonyl (C=O) groups is 1. The van der Waals surface area contributed by atoms with Gasteiger partial charge in [0.1, 0.15) is 5.84 Å². The zero-order valence-corrected chi connectivity index (χ0v) is 7.79. The molecule has 0 spiro atoms. The first-order valence-corrected chi connectivity index (χ1v) is 3.69. The first-order valence-electron chi connectivity index (χ1n) is 3.69. The Morgan fingerprint density at radius 3 is 2.46 bits per heavy atom. The molecule has 3 N–H and O–H groups in total. The molecule has 4 heteroatoms. The van der Waals surface area contributed by atoms with Crippen LogP contribution in [0.15, 0.2) is 28.8 Å². The van der Waals surface area contributed by atoms with E-state index in [1.54, 1.807) is 13.8 Å². The van der Waals surface area contributed by atoms with Gasteiger partial charge in [0.05, 0.1) is 0 Å². The van der Waals surface area contributed by atoms with E-state index in [-0.39, 0.29) is 5.84 Å². The van der Waals surface area contributed by atoms with Crippen LogP contribution < -0.4 is 5.73 Å². The molecular weight excluding hydrogens is 166 g/mol. The summed E-state index contributed by atoms with van der Waals surface area (Å²) in [6.07, 6.45) is 1.88. The second-order valence-corrected chi connectivity index (χ2v) is 2.59. The fraction of sp³-hybridized carbons (Fsp3) is 0.222. The van der Waals surface area contributed by atoms with Gasteiger partial charge in [-0.05, 0) is 31.1 Å². The van der Waals surface area contributed by atoms with E-state index in [1.807, 2.05) is 0 Å². The Labute approximate surface area is 77.4 Å². The Morgan fingerprint density at radius 2 is 2.08 bits per heavy atom. The lowest BCUT2D eigenvalue weighted by Gasteiger charge is -2.02. The van der Waals surface area contributed by atoms with Crippen LogP contribution in [0.1, 0.15) is 13.8 Å². The maximum atomic E-state index is 9.94. The highest BCUT2D eigenvalue weighted by Crippen LogP contribution is 2.06. The van der Waals surface area contributed by atoms with Crippen LogP contribution in [-0.4, -0.2) is 18.0 Å². The zero-order valence-electron chi connectivity index (χ0n) is 7.79. The minimum absolute atomic E-state index is 0.120. The maximum absolute atomic E-state index is 9.94. The zero-order chi connectivity index (χ0) is 10.4. The van der Waals surface area contributed by atoms with Crippen molar-refractivity contribution in [3.05, 3.63) is 23.8 Å². The van der Waals surface area contributed by atoms with E-state index in [1.165, 1.54) is 6.08 Å². The first kappa shape index (κ1) is 11.3. The molecule has 0 aromatic heterocycles. The normalized spacial score (nSPS) is 12.5. The number of amidine groups is 1. The van der Waals surface area contributed by atoms with Gasteiger partial charge in [0.25, 0.3) is 0 Å². The third kappa shape index (κ3) is 4.00. The molecule has 0 radical (unpaired) electrons. The minimum atomic E-state index is 0.120. The van der Waals surface area contributed by atoms with Gasteiger partial charge in [0, 0.05) is 5.71 Å². The second kappa shape index (κ2) is 5.03. The average molecular weight is 179 g/mol. The van der Waals surface area contributed by atoms with Crippen LogP contribution in [0.5, 0.6) is 0 Å². The van der Waals surface area contributed by atoms with Gasteiger partial charge in [0.15, 0.2) is 0 Å². The predicted molar refractivity (Wildman–Crippen MR) is 54.0 cm³/mol. The largest absolute Gasteiger partial charge is 0.384 e. The van der Waals surface area contributed by atoms with Crippen molar-refractivity contribution in [2.24, 2.45) is 10.7 Å². The summed E-state index contributed by atoms with van der Waals surface area (Å²) < 4.78 is 0. The quantitative estimate of drug-likeness (QED) is 0.292. The smallest absolute Gasteiger partial charge is 0.234 e. The monoisotopic (exact) mass is 179 g/mol. The Balaban J connectivity index is 4.68. The number of allylic oxidation sites excluding steroid dienone is 2. The van der Waals surface area contributed by atoms with Crippen molar-refractivity contribution in [2.75, 3.05) is 0 Å². The molecule has 0 saturated heterocycles. The second-order valence-electron chi connectivity index (χ2n) is 2.59. The van der Waals surface area contributed by atoms with E-state index in [0.717, 1.165) is 5.57 Å².